The van der Waals surface area contributed by atoms with Crippen LogP contribution in [0.25, 0.3) is 10.2 Å². The van der Waals surface area contributed by atoms with Gasteiger partial charge in [-0.1, -0.05) is 24.2 Å². The molecular formula is C16H24ClN3O2S. The molecule has 0 unspecified atom stereocenters. The van der Waals surface area contributed by atoms with Crippen molar-refractivity contribution in [3.05, 3.63) is 18.2 Å². The lowest BCUT2D eigenvalue weighted by atomic mass is 10.1. The van der Waals surface area contributed by atoms with Crippen LogP contribution in [0.3, 0.4) is 0 Å². The molecule has 1 aromatic heterocycles. The number of thiazole rings is 1. The maximum absolute atomic E-state index is 11.9. The van der Waals surface area contributed by atoms with E-state index >= 15 is 0 Å². The molecule has 1 heterocycles. The van der Waals surface area contributed by atoms with Crippen molar-refractivity contribution in [1.82, 2.24) is 4.98 Å². The fourth-order valence-corrected chi connectivity index (χ4v) is 3.09. The minimum Gasteiger partial charge on any atom is -0.494 e. The molecule has 0 aliphatic rings. The van der Waals surface area contributed by atoms with Gasteiger partial charge >= 0.3 is 0 Å². The van der Waals surface area contributed by atoms with Crippen LogP contribution in [0.5, 0.6) is 5.75 Å². The second-order valence-electron chi connectivity index (χ2n) is 5.08. The summed E-state index contributed by atoms with van der Waals surface area (Å²) in [6.45, 7) is 3.32. The molecule has 0 aliphatic heterocycles. The number of aromatic nitrogens is 1. The highest BCUT2D eigenvalue weighted by molar-refractivity contribution is 7.22. The third-order valence-electron chi connectivity index (χ3n) is 3.28. The molecule has 0 saturated carbocycles. The Labute approximate surface area is 147 Å². The van der Waals surface area contributed by atoms with Gasteiger partial charge in [-0.15, -0.1) is 12.4 Å². The van der Waals surface area contributed by atoms with Gasteiger partial charge in [-0.25, -0.2) is 4.98 Å². The molecular weight excluding hydrogens is 334 g/mol. The Hall–Kier alpha value is -1.37. The van der Waals surface area contributed by atoms with Crippen LogP contribution in [0.1, 0.15) is 39.0 Å². The molecule has 0 radical (unpaired) electrons. The van der Waals surface area contributed by atoms with E-state index in [0.717, 1.165) is 48.2 Å². The normalized spacial score (nSPS) is 10.3. The van der Waals surface area contributed by atoms with E-state index in [2.05, 4.69) is 10.3 Å². The zero-order chi connectivity index (χ0) is 15.8. The van der Waals surface area contributed by atoms with Gasteiger partial charge in [0.1, 0.15) is 5.75 Å². The van der Waals surface area contributed by atoms with Crippen molar-refractivity contribution in [3.63, 3.8) is 0 Å². The molecule has 128 valence electrons. The zero-order valence-electron chi connectivity index (χ0n) is 13.3. The largest absolute Gasteiger partial charge is 0.494 e. The van der Waals surface area contributed by atoms with Crippen LogP contribution in [-0.4, -0.2) is 24.0 Å². The number of anilines is 1. The number of amides is 1. The van der Waals surface area contributed by atoms with Crippen molar-refractivity contribution in [2.75, 3.05) is 18.5 Å². The minimum atomic E-state index is 0. The number of carbonyl (C=O) groups is 1. The Morgan fingerprint density at radius 3 is 2.83 bits per heavy atom. The lowest BCUT2D eigenvalue weighted by molar-refractivity contribution is -0.116. The predicted octanol–water partition coefficient (Wildman–Crippen LogP) is 3.96. The molecule has 0 atom stereocenters. The third-order valence-corrected chi connectivity index (χ3v) is 4.21. The zero-order valence-corrected chi connectivity index (χ0v) is 15.0. The van der Waals surface area contributed by atoms with Gasteiger partial charge in [0.05, 0.1) is 16.8 Å². The summed E-state index contributed by atoms with van der Waals surface area (Å²) in [6.07, 6.45) is 4.59. The summed E-state index contributed by atoms with van der Waals surface area (Å²) in [7, 11) is 0. The van der Waals surface area contributed by atoms with E-state index in [4.69, 9.17) is 10.5 Å². The van der Waals surface area contributed by atoms with Crippen molar-refractivity contribution < 1.29 is 9.53 Å². The molecule has 0 saturated heterocycles. The quantitative estimate of drug-likeness (QED) is 0.666. The number of ether oxygens (including phenoxy) is 1. The second kappa shape index (κ2) is 10.4. The molecule has 3 N–H and O–H groups in total. The monoisotopic (exact) mass is 357 g/mol. The Kier molecular flexibility index (Phi) is 8.91. The number of halogens is 1. The number of rotatable bonds is 9. The summed E-state index contributed by atoms with van der Waals surface area (Å²) in [6, 6.07) is 5.77. The van der Waals surface area contributed by atoms with E-state index in [1.54, 1.807) is 0 Å². The fourth-order valence-electron chi connectivity index (χ4n) is 2.18. The molecule has 0 fully saturated rings. The highest BCUT2D eigenvalue weighted by atomic mass is 35.5. The smallest absolute Gasteiger partial charge is 0.226 e. The average molecular weight is 358 g/mol. The Bertz CT molecular complexity index is 618. The summed E-state index contributed by atoms with van der Waals surface area (Å²) in [5.74, 6) is 0.855. The molecule has 23 heavy (non-hydrogen) atoms. The Morgan fingerprint density at radius 2 is 2.09 bits per heavy atom. The van der Waals surface area contributed by atoms with Gasteiger partial charge in [-0.3, -0.25) is 4.79 Å². The second-order valence-corrected chi connectivity index (χ2v) is 6.11. The van der Waals surface area contributed by atoms with Crippen LogP contribution in [0, 0.1) is 0 Å². The fraction of sp³-hybridized carbons (Fsp3) is 0.500. The predicted molar refractivity (Wildman–Crippen MR) is 98.8 cm³/mol. The summed E-state index contributed by atoms with van der Waals surface area (Å²) in [5, 5.41) is 3.53. The van der Waals surface area contributed by atoms with E-state index in [1.165, 1.54) is 11.3 Å². The van der Waals surface area contributed by atoms with Gasteiger partial charge < -0.3 is 15.8 Å². The molecule has 1 amide bonds. The first-order chi connectivity index (χ1) is 10.7. The third kappa shape index (κ3) is 6.33. The molecule has 2 rings (SSSR count). The van der Waals surface area contributed by atoms with E-state index < -0.39 is 0 Å². The molecule has 0 bridgehead atoms. The number of carbonyl (C=O) groups excluding carboxylic acids is 1. The molecule has 0 aliphatic carbocycles. The number of nitrogens with one attached hydrogen (secondary N) is 1. The van der Waals surface area contributed by atoms with Crippen molar-refractivity contribution in [2.24, 2.45) is 5.73 Å². The van der Waals surface area contributed by atoms with E-state index in [9.17, 15) is 4.79 Å². The summed E-state index contributed by atoms with van der Waals surface area (Å²) in [4.78, 5) is 16.3. The van der Waals surface area contributed by atoms with Crippen LogP contribution in [-0.2, 0) is 4.79 Å². The Morgan fingerprint density at radius 1 is 1.30 bits per heavy atom. The average Bonchev–Trinajstić information content (AvgIpc) is 2.88. The first-order valence-corrected chi connectivity index (χ1v) is 8.58. The summed E-state index contributed by atoms with van der Waals surface area (Å²) < 4.78 is 6.49. The van der Waals surface area contributed by atoms with E-state index in [-0.39, 0.29) is 18.3 Å². The van der Waals surface area contributed by atoms with Crippen molar-refractivity contribution in [1.29, 1.82) is 0 Å². The first-order valence-electron chi connectivity index (χ1n) is 7.76. The Balaban J connectivity index is 0.00000264. The van der Waals surface area contributed by atoms with Crippen LogP contribution in [0.2, 0.25) is 0 Å². The van der Waals surface area contributed by atoms with Gasteiger partial charge in [0.25, 0.3) is 0 Å². The highest BCUT2D eigenvalue weighted by Gasteiger charge is 2.08. The molecule has 2 aromatic rings. The van der Waals surface area contributed by atoms with Gasteiger partial charge in [0.15, 0.2) is 5.13 Å². The summed E-state index contributed by atoms with van der Waals surface area (Å²) >= 11 is 1.47. The lowest BCUT2D eigenvalue weighted by Gasteiger charge is -2.01. The van der Waals surface area contributed by atoms with Gasteiger partial charge in [-0.2, -0.15) is 0 Å². The highest BCUT2D eigenvalue weighted by Crippen LogP contribution is 2.29. The standard InChI is InChI=1S/C16H23N3O2S.ClH/c1-2-21-12-8-9-13-14(11-12)22-16(18-13)19-15(20)7-5-3-4-6-10-17;/h8-9,11H,2-7,10,17H2,1H3,(H,18,19,20);1H. The SMILES string of the molecule is CCOc1ccc2nc(NC(=O)CCCCCCN)sc2c1.Cl. The number of hydrogen-bond donors (Lipinski definition) is 2. The number of nitrogens with zero attached hydrogens (tertiary/aromatic N) is 1. The number of fused-ring (bicyclic) bond motifs is 1. The molecule has 0 spiro atoms. The van der Waals surface area contributed by atoms with Crippen LogP contribution in [0.4, 0.5) is 5.13 Å². The molecule has 7 heteroatoms. The molecule has 5 nitrogen and oxygen atoms in total. The lowest BCUT2D eigenvalue weighted by Crippen LogP contribution is -2.10. The van der Waals surface area contributed by atoms with Gasteiger partial charge in [-0.05, 0) is 44.5 Å². The van der Waals surface area contributed by atoms with Crippen molar-refractivity contribution in [2.45, 2.75) is 39.0 Å². The molecule has 1 aromatic carbocycles. The number of benzene rings is 1. The maximum Gasteiger partial charge on any atom is 0.226 e. The minimum absolute atomic E-state index is 0. The summed E-state index contributed by atoms with van der Waals surface area (Å²) in [5.41, 5.74) is 6.33. The number of unbranched alkanes of at least 4 members (excludes halogenated alkanes) is 3. The van der Waals surface area contributed by atoms with Gasteiger partial charge in [0.2, 0.25) is 5.91 Å². The van der Waals surface area contributed by atoms with Crippen LogP contribution >= 0.6 is 23.7 Å². The first kappa shape index (κ1) is 19.7. The van der Waals surface area contributed by atoms with Crippen molar-refractivity contribution >= 4 is 45.0 Å². The number of hydrogen-bond acceptors (Lipinski definition) is 5. The van der Waals surface area contributed by atoms with Crippen LogP contribution in [0.15, 0.2) is 18.2 Å². The van der Waals surface area contributed by atoms with Crippen LogP contribution < -0.4 is 15.8 Å². The maximum atomic E-state index is 11.9. The van der Waals surface area contributed by atoms with E-state index in [0.29, 0.717) is 18.2 Å². The van der Waals surface area contributed by atoms with E-state index in [1.807, 2.05) is 25.1 Å². The van der Waals surface area contributed by atoms with Gasteiger partial charge in [0, 0.05) is 6.42 Å². The topological polar surface area (TPSA) is 77.2 Å². The van der Waals surface area contributed by atoms with Crippen molar-refractivity contribution in [3.8, 4) is 5.75 Å². The number of nitrogens with two attached hydrogens (primary N) is 1.